The van der Waals surface area contributed by atoms with E-state index in [4.69, 9.17) is 4.74 Å². The molecule has 122 valence electrons. The van der Waals surface area contributed by atoms with E-state index >= 15 is 0 Å². The van der Waals surface area contributed by atoms with Crippen LogP contribution in [0.2, 0.25) is 0 Å². The van der Waals surface area contributed by atoms with Gasteiger partial charge in [-0.25, -0.2) is 17.5 Å². The van der Waals surface area contributed by atoms with E-state index in [1.54, 1.807) is 6.92 Å². The third-order valence-electron chi connectivity index (χ3n) is 3.64. The van der Waals surface area contributed by atoms with Gasteiger partial charge in [-0.15, -0.1) is 0 Å². The SMILES string of the molecule is CCOC(=O)NC1CCN(S(=O)(=O)Cc2ccccc2)CC1. The molecule has 0 atom stereocenters. The second kappa shape index (κ2) is 7.60. The van der Waals surface area contributed by atoms with E-state index in [1.807, 2.05) is 30.3 Å². The van der Waals surface area contributed by atoms with Crippen LogP contribution in [0.4, 0.5) is 4.79 Å². The standard InChI is InChI=1S/C15H22N2O4S/c1-2-21-15(18)16-14-8-10-17(11-9-14)22(19,20)12-13-6-4-3-5-7-13/h3-7,14H,2,8-12H2,1H3,(H,16,18). The Hall–Kier alpha value is -1.60. The van der Waals surface area contributed by atoms with Crippen molar-refractivity contribution in [2.45, 2.75) is 31.6 Å². The van der Waals surface area contributed by atoms with Gasteiger partial charge in [0.1, 0.15) is 0 Å². The third-order valence-corrected chi connectivity index (χ3v) is 5.49. The Bertz CT molecular complexity index is 581. The number of nitrogens with zero attached hydrogens (tertiary/aromatic N) is 1. The van der Waals surface area contributed by atoms with Crippen molar-refractivity contribution < 1.29 is 17.9 Å². The summed E-state index contributed by atoms with van der Waals surface area (Å²) in [5.41, 5.74) is 0.786. The maximum Gasteiger partial charge on any atom is 0.407 e. The minimum atomic E-state index is -3.31. The lowest BCUT2D eigenvalue weighted by molar-refractivity contribution is 0.143. The summed E-state index contributed by atoms with van der Waals surface area (Å²) in [6.45, 7) is 2.92. The number of carbonyl (C=O) groups is 1. The van der Waals surface area contributed by atoms with Crippen LogP contribution in [0.15, 0.2) is 30.3 Å². The van der Waals surface area contributed by atoms with Gasteiger partial charge >= 0.3 is 6.09 Å². The number of ether oxygens (including phenoxy) is 1. The van der Waals surface area contributed by atoms with Gasteiger partial charge in [0.15, 0.2) is 0 Å². The van der Waals surface area contributed by atoms with Gasteiger partial charge in [0.05, 0.1) is 12.4 Å². The highest BCUT2D eigenvalue weighted by Gasteiger charge is 2.28. The van der Waals surface area contributed by atoms with E-state index in [-0.39, 0.29) is 11.8 Å². The maximum absolute atomic E-state index is 12.4. The molecule has 0 bridgehead atoms. The van der Waals surface area contributed by atoms with E-state index in [1.165, 1.54) is 4.31 Å². The highest BCUT2D eigenvalue weighted by Crippen LogP contribution is 2.17. The van der Waals surface area contributed by atoms with E-state index in [0.717, 1.165) is 5.56 Å². The van der Waals surface area contributed by atoms with Crippen LogP contribution in [0.1, 0.15) is 25.3 Å². The number of rotatable bonds is 5. The van der Waals surface area contributed by atoms with Gasteiger partial charge < -0.3 is 10.1 Å². The number of carbonyl (C=O) groups excluding carboxylic acids is 1. The molecule has 1 aliphatic heterocycles. The molecule has 2 rings (SSSR count). The highest BCUT2D eigenvalue weighted by atomic mass is 32.2. The van der Waals surface area contributed by atoms with Crippen molar-refractivity contribution in [2.24, 2.45) is 0 Å². The topological polar surface area (TPSA) is 75.7 Å². The van der Waals surface area contributed by atoms with Crippen LogP contribution in [0.5, 0.6) is 0 Å². The average molecular weight is 326 g/mol. The van der Waals surface area contributed by atoms with Crippen LogP contribution in [-0.2, 0) is 20.5 Å². The Morgan fingerprint density at radius 3 is 2.50 bits per heavy atom. The number of hydrogen-bond donors (Lipinski definition) is 1. The molecule has 1 heterocycles. The lowest BCUT2D eigenvalue weighted by Crippen LogP contribution is -2.46. The zero-order valence-corrected chi connectivity index (χ0v) is 13.5. The largest absolute Gasteiger partial charge is 0.450 e. The van der Waals surface area contributed by atoms with Crippen molar-refractivity contribution in [3.05, 3.63) is 35.9 Å². The van der Waals surface area contributed by atoms with Gasteiger partial charge in [-0.2, -0.15) is 0 Å². The zero-order valence-electron chi connectivity index (χ0n) is 12.7. The molecule has 1 saturated heterocycles. The summed E-state index contributed by atoms with van der Waals surface area (Å²) in [5, 5.41) is 2.76. The van der Waals surface area contributed by atoms with Gasteiger partial charge in [0.25, 0.3) is 0 Å². The Morgan fingerprint density at radius 1 is 1.27 bits per heavy atom. The summed E-state index contributed by atoms with van der Waals surface area (Å²) in [4.78, 5) is 11.4. The molecule has 1 amide bonds. The molecule has 6 nitrogen and oxygen atoms in total. The molecule has 1 N–H and O–H groups in total. The van der Waals surface area contributed by atoms with E-state index < -0.39 is 16.1 Å². The summed E-state index contributed by atoms with van der Waals surface area (Å²) in [6.07, 6.45) is 0.771. The Morgan fingerprint density at radius 2 is 1.91 bits per heavy atom. The minimum Gasteiger partial charge on any atom is -0.450 e. The third kappa shape index (κ3) is 4.71. The van der Waals surface area contributed by atoms with Crippen molar-refractivity contribution >= 4 is 16.1 Å². The highest BCUT2D eigenvalue weighted by molar-refractivity contribution is 7.88. The van der Waals surface area contributed by atoms with Crippen LogP contribution in [0, 0.1) is 0 Å². The van der Waals surface area contributed by atoms with E-state index in [9.17, 15) is 13.2 Å². The molecule has 7 heteroatoms. The van der Waals surface area contributed by atoms with Gasteiger partial charge in [-0.1, -0.05) is 30.3 Å². The van der Waals surface area contributed by atoms with Crippen molar-refractivity contribution in [2.75, 3.05) is 19.7 Å². The first-order chi connectivity index (χ1) is 10.5. The second-order valence-corrected chi connectivity index (χ2v) is 7.25. The fraction of sp³-hybridized carbons (Fsp3) is 0.533. The Balaban J connectivity index is 1.86. The summed E-state index contributed by atoms with van der Waals surface area (Å²) in [6, 6.07) is 9.13. The minimum absolute atomic E-state index is 0.0177. The van der Waals surface area contributed by atoms with Gasteiger partial charge in [0, 0.05) is 19.1 Å². The van der Waals surface area contributed by atoms with Crippen LogP contribution in [-0.4, -0.2) is 44.6 Å². The first kappa shape index (κ1) is 16.8. The summed E-state index contributed by atoms with van der Waals surface area (Å²) >= 11 is 0. The number of piperidine rings is 1. The molecule has 1 fully saturated rings. The Labute approximate surface area is 131 Å². The quantitative estimate of drug-likeness (QED) is 0.894. The van der Waals surface area contributed by atoms with E-state index in [0.29, 0.717) is 32.5 Å². The number of nitrogens with one attached hydrogen (secondary N) is 1. The molecule has 1 aromatic carbocycles. The van der Waals surface area contributed by atoms with Crippen molar-refractivity contribution in [3.63, 3.8) is 0 Å². The fourth-order valence-electron chi connectivity index (χ4n) is 2.49. The predicted molar refractivity (Wildman–Crippen MR) is 83.8 cm³/mol. The van der Waals surface area contributed by atoms with Crippen molar-refractivity contribution in [3.8, 4) is 0 Å². The number of alkyl carbamates (subject to hydrolysis) is 1. The predicted octanol–water partition coefficient (Wildman–Crippen LogP) is 1.73. The van der Waals surface area contributed by atoms with Gasteiger partial charge in [0.2, 0.25) is 10.0 Å². The number of hydrogen-bond acceptors (Lipinski definition) is 4. The fourth-order valence-corrected chi connectivity index (χ4v) is 4.06. The lowest BCUT2D eigenvalue weighted by atomic mass is 10.1. The monoisotopic (exact) mass is 326 g/mol. The normalized spacial score (nSPS) is 17.1. The molecule has 0 saturated carbocycles. The average Bonchev–Trinajstić information content (AvgIpc) is 2.48. The van der Waals surface area contributed by atoms with Crippen molar-refractivity contribution in [1.29, 1.82) is 0 Å². The first-order valence-electron chi connectivity index (χ1n) is 7.46. The molecule has 0 aliphatic carbocycles. The number of benzene rings is 1. The molecule has 0 unspecified atom stereocenters. The molecule has 0 radical (unpaired) electrons. The zero-order chi connectivity index (χ0) is 16.0. The van der Waals surface area contributed by atoms with Crippen LogP contribution >= 0.6 is 0 Å². The molecule has 1 aliphatic rings. The van der Waals surface area contributed by atoms with Crippen LogP contribution in [0.3, 0.4) is 0 Å². The van der Waals surface area contributed by atoms with Crippen molar-refractivity contribution in [1.82, 2.24) is 9.62 Å². The number of sulfonamides is 1. The van der Waals surface area contributed by atoms with Gasteiger partial charge in [-0.05, 0) is 25.3 Å². The van der Waals surface area contributed by atoms with Crippen LogP contribution < -0.4 is 5.32 Å². The van der Waals surface area contributed by atoms with Crippen LogP contribution in [0.25, 0.3) is 0 Å². The number of amides is 1. The molecule has 0 spiro atoms. The summed E-state index contributed by atoms with van der Waals surface area (Å²) in [5.74, 6) is 0.0177. The van der Waals surface area contributed by atoms with Gasteiger partial charge in [-0.3, -0.25) is 0 Å². The summed E-state index contributed by atoms with van der Waals surface area (Å²) < 4.78 is 31.1. The summed E-state index contributed by atoms with van der Waals surface area (Å²) in [7, 11) is -3.31. The molecular weight excluding hydrogens is 304 g/mol. The Kier molecular flexibility index (Phi) is 5.79. The molecule has 22 heavy (non-hydrogen) atoms. The van der Waals surface area contributed by atoms with E-state index in [2.05, 4.69) is 5.32 Å². The second-order valence-electron chi connectivity index (χ2n) is 5.28. The molecule has 0 aromatic heterocycles. The smallest absolute Gasteiger partial charge is 0.407 e. The molecular formula is C15H22N2O4S. The molecule has 1 aromatic rings. The first-order valence-corrected chi connectivity index (χ1v) is 9.07. The maximum atomic E-state index is 12.4. The lowest BCUT2D eigenvalue weighted by Gasteiger charge is -2.31.